The van der Waals surface area contributed by atoms with Gasteiger partial charge in [0, 0.05) is 16.3 Å². The summed E-state index contributed by atoms with van der Waals surface area (Å²) in [6, 6.07) is 11.8. The highest BCUT2D eigenvalue weighted by atomic mass is 35.5. The Morgan fingerprint density at radius 1 is 1.15 bits per heavy atom. The van der Waals surface area contributed by atoms with Crippen molar-refractivity contribution in [3.63, 3.8) is 0 Å². The fourth-order valence-corrected chi connectivity index (χ4v) is 2.16. The molecule has 0 aliphatic rings. The first-order valence-electron chi connectivity index (χ1n) is 6.74. The third-order valence-corrected chi connectivity index (χ3v) is 3.61. The fraction of sp³-hybridized carbons (Fsp3) is 0.294. The average molecular weight is 290 g/mol. The lowest BCUT2D eigenvalue weighted by atomic mass is 10.0. The zero-order valence-corrected chi connectivity index (χ0v) is 12.9. The maximum absolute atomic E-state index is 5.94. The molecule has 106 valence electrons. The molecule has 20 heavy (non-hydrogen) atoms. The second-order valence-electron chi connectivity index (χ2n) is 5.31. The number of nitrogen functional groups attached to an aromatic ring is 1. The van der Waals surface area contributed by atoms with Crippen LogP contribution in [-0.2, 0) is 6.61 Å². The van der Waals surface area contributed by atoms with Gasteiger partial charge in [0.2, 0.25) is 0 Å². The summed E-state index contributed by atoms with van der Waals surface area (Å²) in [5, 5.41) is 0.643. The molecule has 0 aliphatic heterocycles. The second kappa shape index (κ2) is 6.19. The van der Waals surface area contributed by atoms with Gasteiger partial charge < -0.3 is 10.5 Å². The van der Waals surface area contributed by atoms with Crippen LogP contribution in [0.4, 0.5) is 5.69 Å². The molecule has 0 aliphatic carbocycles. The summed E-state index contributed by atoms with van der Waals surface area (Å²) in [6.07, 6.45) is 0. The van der Waals surface area contributed by atoms with Crippen LogP contribution in [0.5, 0.6) is 5.75 Å². The van der Waals surface area contributed by atoms with Crippen molar-refractivity contribution in [2.75, 3.05) is 5.73 Å². The largest absolute Gasteiger partial charge is 0.489 e. The van der Waals surface area contributed by atoms with Crippen LogP contribution in [0, 0.1) is 6.92 Å². The minimum atomic E-state index is 0.450. The van der Waals surface area contributed by atoms with Crippen LogP contribution in [-0.4, -0.2) is 0 Å². The summed E-state index contributed by atoms with van der Waals surface area (Å²) in [6.45, 7) is 6.84. The number of nitrogens with two attached hydrogens (primary N) is 1. The van der Waals surface area contributed by atoms with E-state index in [1.54, 1.807) is 6.07 Å². The molecule has 0 bridgehead atoms. The molecule has 0 aromatic heterocycles. The molecule has 2 N–H and O–H groups in total. The molecule has 0 fully saturated rings. The predicted molar refractivity (Wildman–Crippen MR) is 85.5 cm³/mol. The molecular formula is C17H20ClNO. The van der Waals surface area contributed by atoms with Crippen molar-refractivity contribution in [3.05, 3.63) is 58.1 Å². The SMILES string of the molecule is Cc1ccc(C(C)C)cc1OCc1ccc(Cl)cc1N. The molecule has 0 atom stereocenters. The van der Waals surface area contributed by atoms with Crippen LogP contribution in [0.2, 0.25) is 5.02 Å². The van der Waals surface area contributed by atoms with Crippen molar-refractivity contribution >= 4 is 17.3 Å². The van der Waals surface area contributed by atoms with E-state index in [1.807, 2.05) is 19.1 Å². The molecule has 2 aromatic carbocycles. The lowest BCUT2D eigenvalue weighted by molar-refractivity contribution is 0.304. The summed E-state index contributed by atoms with van der Waals surface area (Å²) in [5.41, 5.74) is 9.95. The van der Waals surface area contributed by atoms with Crippen molar-refractivity contribution < 1.29 is 4.74 Å². The maximum atomic E-state index is 5.94. The molecule has 0 amide bonds. The normalized spacial score (nSPS) is 10.8. The van der Waals surface area contributed by atoms with Gasteiger partial charge in [0.1, 0.15) is 12.4 Å². The highest BCUT2D eigenvalue weighted by Crippen LogP contribution is 2.26. The Labute approximate surface area is 125 Å². The molecule has 0 spiro atoms. The molecular weight excluding hydrogens is 270 g/mol. The van der Waals surface area contributed by atoms with Crippen molar-refractivity contribution in [1.29, 1.82) is 0 Å². The molecule has 0 unspecified atom stereocenters. The summed E-state index contributed by atoms with van der Waals surface area (Å²) in [5.74, 6) is 1.39. The smallest absolute Gasteiger partial charge is 0.123 e. The van der Waals surface area contributed by atoms with Crippen molar-refractivity contribution in [2.24, 2.45) is 0 Å². The lowest BCUT2D eigenvalue weighted by Crippen LogP contribution is -2.02. The Hall–Kier alpha value is -1.67. The highest BCUT2D eigenvalue weighted by molar-refractivity contribution is 6.30. The average Bonchev–Trinajstić information content (AvgIpc) is 2.39. The quantitative estimate of drug-likeness (QED) is 0.810. The summed E-state index contributed by atoms with van der Waals surface area (Å²) in [4.78, 5) is 0. The highest BCUT2D eigenvalue weighted by Gasteiger charge is 2.06. The van der Waals surface area contributed by atoms with Gasteiger partial charge in [-0.05, 0) is 42.2 Å². The zero-order valence-electron chi connectivity index (χ0n) is 12.1. The minimum Gasteiger partial charge on any atom is -0.489 e. The Morgan fingerprint density at radius 3 is 2.55 bits per heavy atom. The molecule has 0 radical (unpaired) electrons. The van der Waals surface area contributed by atoms with Gasteiger partial charge >= 0.3 is 0 Å². The standard InChI is InChI=1S/C17H20ClNO/c1-11(2)13-5-4-12(3)17(8-13)20-10-14-6-7-15(18)9-16(14)19/h4-9,11H,10,19H2,1-3H3. The molecule has 3 heteroatoms. The van der Waals surface area contributed by atoms with Crippen molar-refractivity contribution in [1.82, 2.24) is 0 Å². The van der Waals surface area contributed by atoms with Gasteiger partial charge in [0.15, 0.2) is 0 Å². The van der Waals surface area contributed by atoms with Gasteiger partial charge in [0.05, 0.1) is 0 Å². The first-order valence-corrected chi connectivity index (χ1v) is 7.12. The topological polar surface area (TPSA) is 35.2 Å². The van der Waals surface area contributed by atoms with E-state index in [2.05, 4.69) is 32.0 Å². The Kier molecular flexibility index (Phi) is 4.56. The van der Waals surface area contributed by atoms with E-state index in [4.69, 9.17) is 22.1 Å². The lowest BCUT2D eigenvalue weighted by Gasteiger charge is -2.14. The molecule has 0 saturated heterocycles. The van der Waals surface area contributed by atoms with Crippen LogP contribution in [0.15, 0.2) is 36.4 Å². The summed E-state index contributed by atoms with van der Waals surface area (Å²) < 4.78 is 5.91. The molecule has 0 heterocycles. The van der Waals surface area contributed by atoms with Crippen LogP contribution >= 0.6 is 11.6 Å². The first kappa shape index (κ1) is 14.7. The van der Waals surface area contributed by atoms with E-state index in [-0.39, 0.29) is 0 Å². The van der Waals surface area contributed by atoms with Crippen LogP contribution in [0.1, 0.15) is 36.5 Å². The number of benzene rings is 2. The van der Waals surface area contributed by atoms with Crippen LogP contribution < -0.4 is 10.5 Å². The molecule has 2 rings (SSSR count). The number of hydrogen-bond acceptors (Lipinski definition) is 2. The molecule has 0 saturated carbocycles. The number of hydrogen-bond donors (Lipinski definition) is 1. The van der Waals surface area contributed by atoms with E-state index in [0.29, 0.717) is 23.2 Å². The van der Waals surface area contributed by atoms with Gasteiger partial charge in [0.25, 0.3) is 0 Å². The Bertz CT molecular complexity index is 608. The Balaban J connectivity index is 2.16. The number of aryl methyl sites for hydroxylation is 1. The van der Waals surface area contributed by atoms with E-state index in [1.165, 1.54) is 5.56 Å². The summed E-state index contributed by atoms with van der Waals surface area (Å²) >= 11 is 5.89. The second-order valence-corrected chi connectivity index (χ2v) is 5.75. The van der Waals surface area contributed by atoms with Crippen LogP contribution in [0.25, 0.3) is 0 Å². The van der Waals surface area contributed by atoms with Gasteiger partial charge in [-0.1, -0.05) is 43.6 Å². The minimum absolute atomic E-state index is 0.450. The number of rotatable bonds is 4. The van der Waals surface area contributed by atoms with E-state index >= 15 is 0 Å². The van der Waals surface area contributed by atoms with Gasteiger partial charge in [-0.15, -0.1) is 0 Å². The first-order chi connectivity index (χ1) is 9.47. The molecule has 2 aromatic rings. The van der Waals surface area contributed by atoms with Gasteiger partial charge in [-0.3, -0.25) is 0 Å². The maximum Gasteiger partial charge on any atom is 0.123 e. The fourth-order valence-electron chi connectivity index (χ4n) is 1.98. The number of halogens is 1. The van der Waals surface area contributed by atoms with E-state index < -0.39 is 0 Å². The number of anilines is 1. The predicted octanol–water partition coefficient (Wildman–Crippen LogP) is 4.93. The third-order valence-electron chi connectivity index (χ3n) is 3.37. The summed E-state index contributed by atoms with van der Waals surface area (Å²) in [7, 11) is 0. The van der Waals surface area contributed by atoms with Gasteiger partial charge in [-0.25, -0.2) is 0 Å². The molecule has 2 nitrogen and oxygen atoms in total. The van der Waals surface area contributed by atoms with E-state index in [9.17, 15) is 0 Å². The Morgan fingerprint density at radius 2 is 1.90 bits per heavy atom. The van der Waals surface area contributed by atoms with Crippen molar-refractivity contribution in [3.8, 4) is 5.75 Å². The van der Waals surface area contributed by atoms with Crippen molar-refractivity contribution in [2.45, 2.75) is 33.3 Å². The van der Waals surface area contributed by atoms with E-state index in [0.717, 1.165) is 16.9 Å². The van der Waals surface area contributed by atoms with Gasteiger partial charge in [-0.2, -0.15) is 0 Å². The monoisotopic (exact) mass is 289 g/mol. The number of ether oxygens (including phenoxy) is 1. The van der Waals surface area contributed by atoms with Crippen LogP contribution in [0.3, 0.4) is 0 Å². The zero-order chi connectivity index (χ0) is 14.7. The third kappa shape index (κ3) is 3.45.